The number of carbonyl (C=O) groups is 4. The number of benzene rings is 4. The van der Waals surface area contributed by atoms with E-state index in [-0.39, 0.29) is 30.3 Å². The largest absolute Gasteiger partial charge is 0.453 e. The fourth-order valence-electron chi connectivity index (χ4n) is 7.26. The number of aromatic amines is 2. The molecule has 0 bridgehead atoms. The van der Waals surface area contributed by atoms with Crippen molar-refractivity contribution in [1.82, 2.24) is 40.8 Å². The van der Waals surface area contributed by atoms with Crippen molar-refractivity contribution in [3.63, 3.8) is 0 Å². The number of carbonyl (C=O) groups excluding carboxylic acids is 4. The van der Waals surface area contributed by atoms with Crippen molar-refractivity contribution in [2.75, 3.05) is 27.3 Å². The van der Waals surface area contributed by atoms with Gasteiger partial charge in [0.05, 0.1) is 56.6 Å². The molecule has 4 atom stereocenters. The van der Waals surface area contributed by atoms with Crippen LogP contribution in [0.5, 0.6) is 0 Å². The molecule has 2 aromatic heterocycles. The monoisotopic (exact) mass is 794 g/mol. The van der Waals surface area contributed by atoms with E-state index in [0.717, 1.165) is 46.5 Å². The van der Waals surface area contributed by atoms with Crippen LogP contribution in [0.4, 0.5) is 9.59 Å². The Morgan fingerprint density at radius 1 is 0.695 bits per heavy atom. The number of nitrogens with zero attached hydrogens (tertiary/aromatic N) is 3. The van der Waals surface area contributed by atoms with Crippen LogP contribution in [-0.4, -0.2) is 76.0 Å². The van der Waals surface area contributed by atoms with Crippen molar-refractivity contribution in [3.05, 3.63) is 144 Å². The van der Waals surface area contributed by atoms with E-state index in [1.807, 2.05) is 79.7 Å². The molecule has 1 saturated heterocycles. The van der Waals surface area contributed by atoms with E-state index in [1.54, 1.807) is 29.4 Å². The van der Waals surface area contributed by atoms with Gasteiger partial charge in [0.25, 0.3) is 5.91 Å². The fourth-order valence-corrected chi connectivity index (χ4v) is 7.26. The highest BCUT2D eigenvalue weighted by atomic mass is 16.5. The zero-order valence-corrected chi connectivity index (χ0v) is 33.0. The Labute approximate surface area is 341 Å². The molecule has 7 rings (SSSR count). The summed E-state index contributed by atoms with van der Waals surface area (Å²) in [5.41, 5.74) is 7.02. The maximum Gasteiger partial charge on any atom is 0.407 e. The summed E-state index contributed by atoms with van der Waals surface area (Å²) in [6, 6.07) is 32.3. The van der Waals surface area contributed by atoms with Crippen LogP contribution >= 0.6 is 0 Å². The van der Waals surface area contributed by atoms with Gasteiger partial charge in [0.1, 0.15) is 23.7 Å². The van der Waals surface area contributed by atoms with Crippen LogP contribution in [0.2, 0.25) is 0 Å². The lowest BCUT2D eigenvalue weighted by Crippen LogP contribution is -2.42. The number of amides is 3. The Hall–Kier alpha value is -7.06. The minimum Gasteiger partial charge on any atom is -0.453 e. The fraction of sp³-hybridized carbons (Fsp3) is 0.244. The standard InChI is InChI=1S/C45H46N8O6/c1-28(46-27-38(54)39(51-44(56)58-2)33-11-6-4-7-12-33)41-47-25-35(49-41)31-20-16-29(17-21-31)30-18-22-32(23-19-30)36-26-48-42(50-36)37-15-10-24-53(37)43(55)40(52-45(57)59-3)34-13-8-5-9-14-34/h4-9,11-14,16-23,25-26,28,37,39-40,46H,10,15,24,27H2,1-3H3,(H,47,49)(H,48,50)(H,51,56)(H,52,57)/t28-,37-,39+,40+/m0/s1. The summed E-state index contributed by atoms with van der Waals surface area (Å²) in [5.74, 6) is 0.934. The number of ether oxygens (including phenoxy) is 2. The number of nitrogens with one attached hydrogen (secondary N) is 5. The second-order valence-corrected chi connectivity index (χ2v) is 14.2. The molecule has 3 heterocycles. The molecule has 14 nitrogen and oxygen atoms in total. The summed E-state index contributed by atoms with van der Waals surface area (Å²) in [6.45, 7) is 2.47. The summed E-state index contributed by atoms with van der Waals surface area (Å²) >= 11 is 0. The van der Waals surface area contributed by atoms with E-state index in [4.69, 9.17) is 14.5 Å². The van der Waals surface area contributed by atoms with Gasteiger partial charge < -0.3 is 40.3 Å². The lowest BCUT2D eigenvalue weighted by molar-refractivity contribution is -0.134. The second kappa shape index (κ2) is 18.5. The molecule has 0 unspecified atom stereocenters. The highest BCUT2D eigenvalue weighted by Gasteiger charge is 2.37. The van der Waals surface area contributed by atoms with Gasteiger partial charge in [-0.25, -0.2) is 19.6 Å². The van der Waals surface area contributed by atoms with Gasteiger partial charge in [0, 0.05) is 6.54 Å². The van der Waals surface area contributed by atoms with Crippen LogP contribution in [0, 0.1) is 0 Å². The number of rotatable bonds is 14. The van der Waals surface area contributed by atoms with E-state index in [0.29, 0.717) is 29.3 Å². The minimum atomic E-state index is -0.883. The van der Waals surface area contributed by atoms with Gasteiger partial charge in [-0.1, -0.05) is 109 Å². The number of likely N-dealkylation sites (tertiary alicyclic amines) is 1. The normalized spacial score (nSPS) is 15.2. The van der Waals surface area contributed by atoms with Crippen molar-refractivity contribution in [2.45, 2.75) is 43.9 Å². The number of H-pyrrole nitrogens is 2. The van der Waals surface area contributed by atoms with Crippen LogP contribution in [0.15, 0.2) is 122 Å². The molecule has 0 aliphatic carbocycles. The number of alkyl carbamates (subject to hydrolysis) is 2. The van der Waals surface area contributed by atoms with Crippen molar-refractivity contribution in [2.24, 2.45) is 0 Å². The predicted molar refractivity (Wildman–Crippen MR) is 222 cm³/mol. The molecule has 1 aliphatic rings. The third kappa shape index (κ3) is 9.40. The maximum absolute atomic E-state index is 13.9. The molecule has 59 heavy (non-hydrogen) atoms. The van der Waals surface area contributed by atoms with Crippen molar-refractivity contribution in [1.29, 1.82) is 0 Å². The highest BCUT2D eigenvalue weighted by molar-refractivity contribution is 5.90. The summed E-state index contributed by atoms with van der Waals surface area (Å²) in [6.07, 6.45) is 3.76. The van der Waals surface area contributed by atoms with Crippen LogP contribution in [0.25, 0.3) is 33.6 Å². The second-order valence-electron chi connectivity index (χ2n) is 14.2. The van der Waals surface area contributed by atoms with Gasteiger partial charge in [-0.15, -0.1) is 0 Å². The smallest absolute Gasteiger partial charge is 0.407 e. The van der Waals surface area contributed by atoms with E-state index in [2.05, 4.69) is 55.2 Å². The third-order valence-electron chi connectivity index (χ3n) is 10.5. The van der Waals surface area contributed by atoms with Crippen molar-refractivity contribution < 1.29 is 28.7 Å². The Bertz CT molecular complexity index is 2360. The predicted octanol–water partition coefficient (Wildman–Crippen LogP) is 7.21. The number of imidazole rings is 2. The summed E-state index contributed by atoms with van der Waals surface area (Å²) in [4.78, 5) is 69.1. The molecular weight excluding hydrogens is 749 g/mol. The van der Waals surface area contributed by atoms with E-state index < -0.39 is 24.3 Å². The molecule has 5 N–H and O–H groups in total. The first kappa shape index (κ1) is 40.1. The summed E-state index contributed by atoms with van der Waals surface area (Å²) < 4.78 is 9.55. The molecule has 6 aromatic rings. The zero-order valence-electron chi connectivity index (χ0n) is 33.0. The minimum absolute atomic E-state index is 0.00312. The topological polar surface area (TPSA) is 183 Å². The summed E-state index contributed by atoms with van der Waals surface area (Å²) in [7, 11) is 2.54. The van der Waals surface area contributed by atoms with Crippen LogP contribution < -0.4 is 16.0 Å². The Balaban J connectivity index is 0.968. The van der Waals surface area contributed by atoms with E-state index in [9.17, 15) is 19.2 Å². The molecule has 1 aliphatic heterocycles. The highest BCUT2D eigenvalue weighted by Crippen LogP contribution is 2.34. The number of Topliss-reactive ketones (excluding diaryl/α,β-unsaturated/α-hetero) is 1. The lowest BCUT2D eigenvalue weighted by atomic mass is 10.0. The van der Waals surface area contributed by atoms with Crippen molar-refractivity contribution in [3.8, 4) is 33.6 Å². The van der Waals surface area contributed by atoms with Gasteiger partial charge in [0.15, 0.2) is 5.78 Å². The van der Waals surface area contributed by atoms with Crippen LogP contribution in [0.3, 0.4) is 0 Å². The third-order valence-corrected chi connectivity index (χ3v) is 10.5. The Morgan fingerprint density at radius 2 is 1.20 bits per heavy atom. The van der Waals surface area contributed by atoms with Crippen molar-refractivity contribution >= 4 is 23.9 Å². The molecule has 0 saturated carbocycles. The van der Waals surface area contributed by atoms with Crippen LogP contribution in [-0.2, 0) is 19.1 Å². The SMILES string of the molecule is COC(=O)N[C@@H](C(=O)CN[C@@H](C)c1ncc(-c2ccc(-c3ccc(-c4cnc([C@@H]5CCCN5C(=O)[C@H](NC(=O)OC)c5ccccc5)[nH]4)cc3)cc2)[nH]1)c1ccccc1. The number of methoxy groups -OCH3 is 2. The number of aromatic nitrogens is 4. The van der Waals surface area contributed by atoms with E-state index in [1.165, 1.54) is 14.2 Å². The first-order valence-corrected chi connectivity index (χ1v) is 19.4. The Kier molecular flexibility index (Phi) is 12.6. The Morgan fingerprint density at radius 3 is 1.78 bits per heavy atom. The van der Waals surface area contributed by atoms with Gasteiger partial charge in [0.2, 0.25) is 0 Å². The maximum atomic E-state index is 13.9. The molecule has 1 fully saturated rings. The van der Waals surface area contributed by atoms with Gasteiger partial charge in [-0.05, 0) is 53.1 Å². The average molecular weight is 795 g/mol. The average Bonchev–Trinajstić information content (AvgIpc) is 4.09. The summed E-state index contributed by atoms with van der Waals surface area (Å²) in [5, 5.41) is 8.55. The number of hydrogen-bond donors (Lipinski definition) is 5. The molecule has 0 spiro atoms. The molecular formula is C45H46N8O6. The first-order chi connectivity index (χ1) is 28.7. The number of hydrogen-bond acceptors (Lipinski definition) is 9. The molecule has 3 amide bonds. The van der Waals surface area contributed by atoms with Gasteiger partial charge >= 0.3 is 12.2 Å². The quantitative estimate of drug-likeness (QED) is 0.0761. The van der Waals surface area contributed by atoms with Crippen LogP contribution in [0.1, 0.15) is 66.7 Å². The molecule has 302 valence electrons. The van der Waals surface area contributed by atoms with Gasteiger partial charge in [-0.2, -0.15) is 0 Å². The van der Waals surface area contributed by atoms with E-state index >= 15 is 0 Å². The lowest BCUT2D eigenvalue weighted by Gasteiger charge is -2.28. The molecule has 4 aromatic carbocycles. The molecule has 14 heteroatoms. The number of ketones is 1. The zero-order chi connectivity index (χ0) is 41.3. The van der Waals surface area contributed by atoms with Gasteiger partial charge in [-0.3, -0.25) is 9.59 Å². The first-order valence-electron chi connectivity index (χ1n) is 19.4. The molecule has 0 radical (unpaired) electrons.